The lowest BCUT2D eigenvalue weighted by molar-refractivity contribution is -0.160. The minimum Gasteiger partial charge on any atom is -0.443 e. The number of carbonyl (C=O) groups is 2. The highest BCUT2D eigenvalue weighted by molar-refractivity contribution is 7.98. The Kier molecular flexibility index (Phi) is 16.7. The molecule has 0 aliphatic carbocycles. The molecule has 0 unspecified atom stereocenters. The molecule has 364 valence electrons. The lowest BCUT2D eigenvalue weighted by atomic mass is 10.2. The molecular formula is C46H44Cl4N12O6S2. The largest absolute Gasteiger partial charge is 0.443 e. The van der Waals surface area contributed by atoms with E-state index in [-0.39, 0.29) is 13.1 Å². The molecule has 0 saturated carbocycles. The number of hydrogen-bond acceptors (Lipinski definition) is 16. The van der Waals surface area contributed by atoms with Crippen LogP contribution in [-0.2, 0) is 31.8 Å². The maximum atomic E-state index is 13.4. The van der Waals surface area contributed by atoms with Crippen molar-refractivity contribution < 1.29 is 28.3 Å². The zero-order chi connectivity index (χ0) is 50.3. The summed E-state index contributed by atoms with van der Waals surface area (Å²) in [5.41, 5.74) is 3.44. The summed E-state index contributed by atoms with van der Waals surface area (Å²) < 4.78 is 19.4. The number of amides is 2. The smallest absolute Gasteiger partial charge is 0.416 e. The van der Waals surface area contributed by atoms with Crippen LogP contribution in [-0.4, -0.2) is 85.9 Å². The number of hydrogen-bond donors (Lipinski definition) is 0. The third kappa shape index (κ3) is 13.3. The number of ether oxygens (including phenoxy) is 2. The average molecular weight is 1070 g/mol. The van der Waals surface area contributed by atoms with E-state index in [1.807, 2.05) is 27.0 Å². The van der Waals surface area contributed by atoms with E-state index in [2.05, 4.69) is 45.0 Å². The number of fused-ring (bicyclic) bond motifs is 2. The van der Waals surface area contributed by atoms with E-state index in [0.29, 0.717) is 87.0 Å². The quantitative estimate of drug-likeness (QED) is 0.0369. The monoisotopic (exact) mass is 1060 g/mol. The van der Waals surface area contributed by atoms with Crippen molar-refractivity contribution in [2.45, 2.75) is 76.1 Å². The molecule has 24 heteroatoms. The van der Waals surface area contributed by atoms with Crippen LogP contribution >= 0.6 is 70.2 Å². The second-order valence-electron chi connectivity index (χ2n) is 16.8. The van der Waals surface area contributed by atoms with E-state index in [1.165, 1.54) is 28.7 Å². The second kappa shape index (κ2) is 22.5. The van der Waals surface area contributed by atoms with Gasteiger partial charge in [0.15, 0.2) is 16.5 Å². The zero-order valence-electron chi connectivity index (χ0n) is 38.8. The Balaban J connectivity index is 0.000000207. The van der Waals surface area contributed by atoms with Gasteiger partial charge in [-0.2, -0.15) is 23.6 Å². The van der Waals surface area contributed by atoms with Gasteiger partial charge in [-0.25, -0.2) is 44.4 Å². The first-order valence-corrected chi connectivity index (χ1v) is 24.4. The summed E-state index contributed by atoms with van der Waals surface area (Å²) in [7, 11) is 1.39. The van der Waals surface area contributed by atoms with Crippen LogP contribution in [0.25, 0.3) is 33.8 Å². The molecule has 0 atom stereocenters. The normalized spacial score (nSPS) is 11.6. The zero-order valence-corrected chi connectivity index (χ0v) is 43.5. The molecule has 0 aliphatic rings. The van der Waals surface area contributed by atoms with Crippen LogP contribution in [0.1, 0.15) is 52.7 Å². The lowest BCUT2D eigenvalue weighted by Crippen LogP contribution is -2.37. The summed E-state index contributed by atoms with van der Waals surface area (Å²) >= 11 is 27.3. The highest BCUT2D eigenvalue weighted by atomic mass is 35.5. The highest BCUT2D eigenvalue weighted by Crippen LogP contribution is 2.32. The van der Waals surface area contributed by atoms with Crippen LogP contribution in [0, 0.1) is 0 Å². The number of rotatable bonds is 12. The SMILES string of the molecule is COOSc1ncc(-c2cc(N(Cc3ccc(Cl)cc3Cl)C(=O)OC(C)(C)C)n3nccc3n2)cn1.CSc1ncc(-c2cc(N(Cc3ccc(Cl)cc3Cl)C(=O)OC(C)(C)C)n3nccc3n2)cn1. The number of nitrogens with zero attached hydrogens (tertiary/aromatic N) is 12. The van der Waals surface area contributed by atoms with Gasteiger partial charge in [0.05, 0.1) is 44.0 Å². The molecule has 70 heavy (non-hydrogen) atoms. The van der Waals surface area contributed by atoms with Crippen LogP contribution in [0.3, 0.4) is 0 Å². The van der Waals surface area contributed by atoms with Gasteiger partial charge in [0.25, 0.3) is 0 Å². The van der Waals surface area contributed by atoms with Crippen LogP contribution in [0.2, 0.25) is 20.1 Å². The van der Waals surface area contributed by atoms with Crippen LogP contribution in [0.5, 0.6) is 0 Å². The predicted molar refractivity (Wildman–Crippen MR) is 272 cm³/mol. The van der Waals surface area contributed by atoms with E-state index in [9.17, 15) is 9.59 Å². The fourth-order valence-corrected chi connectivity index (χ4v) is 7.91. The number of carbonyl (C=O) groups excluding carboxylic acids is 2. The van der Waals surface area contributed by atoms with E-state index in [0.717, 1.165) is 12.0 Å². The lowest BCUT2D eigenvalue weighted by Gasteiger charge is -2.28. The number of aromatic nitrogens is 10. The summed E-state index contributed by atoms with van der Waals surface area (Å²) in [5.74, 6) is 0.876. The van der Waals surface area contributed by atoms with E-state index in [4.69, 9.17) is 60.2 Å². The fraction of sp³-hybridized carbons (Fsp3) is 0.261. The van der Waals surface area contributed by atoms with Crippen LogP contribution in [0.4, 0.5) is 21.2 Å². The Morgan fingerprint density at radius 3 is 1.40 bits per heavy atom. The molecule has 0 aliphatic heterocycles. The van der Waals surface area contributed by atoms with Gasteiger partial charge in [-0.15, -0.1) is 0 Å². The van der Waals surface area contributed by atoms with Gasteiger partial charge < -0.3 is 9.47 Å². The molecule has 8 aromatic rings. The Hall–Kier alpha value is -5.84. The third-order valence-corrected chi connectivity index (χ3v) is 11.7. The molecule has 0 N–H and O–H groups in total. The maximum Gasteiger partial charge on any atom is 0.416 e. The molecular weight excluding hydrogens is 1020 g/mol. The van der Waals surface area contributed by atoms with Crippen molar-refractivity contribution in [3.63, 3.8) is 0 Å². The van der Waals surface area contributed by atoms with Crippen molar-refractivity contribution in [3.05, 3.63) is 129 Å². The van der Waals surface area contributed by atoms with Crippen molar-refractivity contribution in [2.24, 2.45) is 0 Å². The molecule has 18 nitrogen and oxygen atoms in total. The first-order chi connectivity index (χ1) is 33.3. The molecule has 0 spiro atoms. The number of benzene rings is 2. The van der Waals surface area contributed by atoms with Gasteiger partial charge in [0, 0.05) is 80.3 Å². The molecule has 8 rings (SSSR count). The van der Waals surface area contributed by atoms with Gasteiger partial charge in [-0.05, 0) is 83.2 Å². The van der Waals surface area contributed by atoms with E-state index in [1.54, 1.807) is 128 Å². The summed E-state index contributed by atoms with van der Waals surface area (Å²) in [5, 5.41) is 11.6. The fourth-order valence-electron chi connectivity index (χ4n) is 6.34. The minimum atomic E-state index is -0.732. The summed E-state index contributed by atoms with van der Waals surface area (Å²) in [4.78, 5) is 60.8. The molecule has 0 saturated heterocycles. The van der Waals surface area contributed by atoms with Crippen molar-refractivity contribution >= 4 is 105 Å². The molecule has 0 fully saturated rings. The number of anilines is 2. The predicted octanol–water partition coefficient (Wildman–Crippen LogP) is 12.2. The molecule has 6 heterocycles. The second-order valence-corrected chi connectivity index (χ2v) is 20.0. The van der Waals surface area contributed by atoms with Crippen molar-refractivity contribution in [3.8, 4) is 22.5 Å². The topological polar surface area (TPSA) is 189 Å². The Bertz CT molecular complexity index is 3130. The molecule has 0 radical (unpaired) electrons. The number of thioether (sulfide) groups is 1. The summed E-state index contributed by atoms with van der Waals surface area (Å²) in [6.45, 7) is 11.0. The Morgan fingerprint density at radius 1 is 0.614 bits per heavy atom. The maximum absolute atomic E-state index is 13.4. The van der Waals surface area contributed by atoms with Crippen LogP contribution in [0.15, 0.2) is 108 Å². The van der Waals surface area contributed by atoms with Gasteiger partial charge in [0.1, 0.15) is 34.9 Å². The standard InChI is InChI=1S/C23H22Cl2N6O4S.C23H22Cl2N6O2S/c1-23(2,3)34-22(32)30(13-14-5-6-16(24)9-17(14)25)20-10-18(29-19-7-8-28-31(19)20)15-11-26-21(27-12-15)36-35-33-4;1-23(2,3)33-22(32)30(13-14-5-6-16(24)9-17(14)25)20-10-18(29-19-7-8-28-31(19)20)15-11-26-21(34-4)27-12-15/h5-12H,13H2,1-4H3;5-12H,13H2,1-4H3. The Labute approximate surface area is 431 Å². The van der Waals surface area contributed by atoms with Gasteiger partial charge >= 0.3 is 12.2 Å². The summed E-state index contributed by atoms with van der Waals surface area (Å²) in [6.07, 6.45) is 10.6. The third-order valence-electron chi connectivity index (χ3n) is 9.36. The minimum absolute atomic E-state index is 0.101. The van der Waals surface area contributed by atoms with Gasteiger partial charge in [-0.1, -0.05) is 70.3 Å². The molecule has 2 aromatic carbocycles. The van der Waals surface area contributed by atoms with E-state index < -0.39 is 23.4 Å². The van der Waals surface area contributed by atoms with E-state index >= 15 is 0 Å². The van der Waals surface area contributed by atoms with Crippen LogP contribution < -0.4 is 9.80 Å². The van der Waals surface area contributed by atoms with Crippen molar-refractivity contribution in [1.82, 2.24) is 49.1 Å². The van der Waals surface area contributed by atoms with Gasteiger partial charge in [-0.3, -0.25) is 9.80 Å². The Morgan fingerprint density at radius 2 is 1.03 bits per heavy atom. The molecule has 6 aromatic heterocycles. The molecule has 0 bridgehead atoms. The molecule has 2 amide bonds. The first kappa shape index (κ1) is 52.0. The number of halogens is 4. The first-order valence-electron chi connectivity index (χ1n) is 20.9. The van der Waals surface area contributed by atoms with Crippen molar-refractivity contribution in [1.29, 1.82) is 0 Å². The summed E-state index contributed by atoms with van der Waals surface area (Å²) in [6, 6.07) is 17.2. The van der Waals surface area contributed by atoms with Gasteiger partial charge in [0.2, 0.25) is 5.16 Å². The highest BCUT2D eigenvalue weighted by Gasteiger charge is 2.29. The van der Waals surface area contributed by atoms with Crippen molar-refractivity contribution in [2.75, 3.05) is 23.2 Å². The average Bonchev–Trinajstić information content (AvgIpc) is 4.00.